The number of benzene rings is 4. The van der Waals surface area contributed by atoms with E-state index in [0.717, 1.165) is 5.57 Å². The third-order valence-corrected chi connectivity index (χ3v) is 6.56. The zero-order valence-corrected chi connectivity index (χ0v) is 16.6. The van der Waals surface area contributed by atoms with Gasteiger partial charge in [-0.3, -0.25) is 0 Å². The highest BCUT2D eigenvalue weighted by molar-refractivity contribution is 7.26. The second-order valence-electron chi connectivity index (χ2n) is 6.97. The molecule has 0 aliphatic heterocycles. The van der Waals surface area contributed by atoms with Crippen molar-refractivity contribution in [2.45, 2.75) is 6.92 Å². The molecule has 134 valence electrons. The van der Waals surface area contributed by atoms with Crippen molar-refractivity contribution in [2.75, 3.05) is 0 Å². The first kappa shape index (κ1) is 17.0. The van der Waals surface area contributed by atoms with E-state index in [1.165, 1.54) is 47.6 Å². The Hall–Kier alpha value is -3.16. The number of hydrogen-bond acceptors (Lipinski definition) is 1. The summed E-state index contributed by atoms with van der Waals surface area (Å²) >= 11 is 1.88. The van der Waals surface area contributed by atoms with Crippen molar-refractivity contribution in [2.24, 2.45) is 0 Å². The maximum absolute atomic E-state index is 3.92. The number of rotatable bonds is 3. The molecule has 0 unspecified atom stereocenters. The van der Waals surface area contributed by atoms with Crippen LogP contribution in [0.3, 0.4) is 0 Å². The fourth-order valence-corrected chi connectivity index (χ4v) is 5.23. The van der Waals surface area contributed by atoms with Crippen LogP contribution in [0, 0.1) is 0 Å². The highest BCUT2D eigenvalue weighted by atomic mass is 32.1. The lowest BCUT2D eigenvalue weighted by molar-refractivity contribution is 1.59. The molecule has 0 spiro atoms. The summed E-state index contributed by atoms with van der Waals surface area (Å²) in [7, 11) is 0. The average Bonchev–Trinajstić information content (AvgIpc) is 3.13. The summed E-state index contributed by atoms with van der Waals surface area (Å²) in [5, 5.41) is 5.36. The topological polar surface area (TPSA) is 0 Å². The molecule has 0 fully saturated rings. The van der Waals surface area contributed by atoms with Gasteiger partial charge in [0.1, 0.15) is 0 Å². The molecule has 1 aromatic heterocycles. The minimum Gasteiger partial charge on any atom is -0.135 e. The molecule has 0 amide bonds. The molecule has 0 saturated heterocycles. The monoisotopic (exact) mass is 376 g/mol. The molecule has 0 atom stereocenters. The second-order valence-corrected chi connectivity index (χ2v) is 8.05. The molecule has 5 rings (SSSR count). The van der Waals surface area contributed by atoms with E-state index in [-0.39, 0.29) is 0 Å². The van der Waals surface area contributed by atoms with Gasteiger partial charge in [0.15, 0.2) is 0 Å². The van der Waals surface area contributed by atoms with Gasteiger partial charge in [-0.2, -0.15) is 0 Å². The van der Waals surface area contributed by atoms with Gasteiger partial charge in [0.25, 0.3) is 0 Å². The van der Waals surface area contributed by atoms with Gasteiger partial charge in [-0.25, -0.2) is 0 Å². The van der Waals surface area contributed by atoms with Crippen molar-refractivity contribution in [3.05, 3.63) is 103 Å². The maximum atomic E-state index is 3.92. The van der Waals surface area contributed by atoms with Crippen LogP contribution in [0.2, 0.25) is 0 Å². The molecule has 0 nitrogen and oxygen atoms in total. The van der Waals surface area contributed by atoms with Gasteiger partial charge in [-0.05, 0) is 52.1 Å². The number of allylic oxidation sites excluding steroid dienone is 3. The van der Waals surface area contributed by atoms with Gasteiger partial charge in [0.2, 0.25) is 0 Å². The molecule has 1 heteroatoms. The Bertz CT molecular complexity index is 1360. The first-order valence-electron chi connectivity index (χ1n) is 9.52. The van der Waals surface area contributed by atoms with E-state index in [4.69, 9.17) is 0 Å². The molecule has 0 aliphatic rings. The van der Waals surface area contributed by atoms with Crippen LogP contribution in [-0.2, 0) is 0 Å². The van der Waals surface area contributed by atoms with E-state index in [9.17, 15) is 0 Å². The van der Waals surface area contributed by atoms with E-state index in [1.807, 2.05) is 24.3 Å². The summed E-state index contributed by atoms with van der Waals surface area (Å²) in [5.41, 5.74) is 4.91. The fourth-order valence-electron chi connectivity index (χ4n) is 4.07. The summed E-state index contributed by atoms with van der Waals surface area (Å²) in [6.45, 7) is 5.97. The summed E-state index contributed by atoms with van der Waals surface area (Å²) in [5.74, 6) is 0. The highest BCUT2D eigenvalue weighted by Gasteiger charge is 2.13. The third-order valence-electron chi connectivity index (χ3n) is 5.44. The van der Waals surface area contributed by atoms with Crippen molar-refractivity contribution >= 4 is 47.9 Å². The predicted octanol–water partition coefficient (Wildman–Crippen LogP) is 8.46. The van der Waals surface area contributed by atoms with Gasteiger partial charge in [0, 0.05) is 20.2 Å². The normalized spacial score (nSPS) is 12.1. The molecular formula is C27H20S. The quantitative estimate of drug-likeness (QED) is 0.277. The van der Waals surface area contributed by atoms with Gasteiger partial charge >= 0.3 is 0 Å². The largest absolute Gasteiger partial charge is 0.135 e. The van der Waals surface area contributed by atoms with Crippen LogP contribution in [0.5, 0.6) is 0 Å². The van der Waals surface area contributed by atoms with Crippen LogP contribution in [0.15, 0.2) is 97.6 Å². The summed E-state index contributed by atoms with van der Waals surface area (Å²) < 4.78 is 2.69. The average molecular weight is 377 g/mol. The SMILES string of the molecule is C=C/C(=C\C)c1ccc(-c2cc3sc4ccccc4c3c3ccccc23)cc1. The molecule has 1 heterocycles. The van der Waals surface area contributed by atoms with E-state index < -0.39 is 0 Å². The number of fused-ring (bicyclic) bond motifs is 5. The van der Waals surface area contributed by atoms with Gasteiger partial charge in [-0.15, -0.1) is 11.3 Å². The van der Waals surface area contributed by atoms with Crippen LogP contribution in [0.25, 0.3) is 47.6 Å². The Morgan fingerprint density at radius 2 is 1.46 bits per heavy atom. The summed E-state index contributed by atoms with van der Waals surface area (Å²) in [6.07, 6.45) is 4.01. The third kappa shape index (κ3) is 2.59. The smallest absolute Gasteiger partial charge is 0.0368 e. The first-order valence-corrected chi connectivity index (χ1v) is 10.3. The van der Waals surface area contributed by atoms with E-state index >= 15 is 0 Å². The summed E-state index contributed by atoms with van der Waals surface area (Å²) in [6, 6.07) is 28.7. The zero-order chi connectivity index (χ0) is 19.1. The number of hydrogen-bond donors (Lipinski definition) is 0. The molecule has 0 saturated carbocycles. The first-order chi connectivity index (χ1) is 13.8. The zero-order valence-electron chi connectivity index (χ0n) is 15.8. The summed E-state index contributed by atoms with van der Waals surface area (Å²) in [4.78, 5) is 0. The van der Waals surface area contributed by atoms with Gasteiger partial charge in [0.05, 0.1) is 0 Å². The Kier molecular flexibility index (Phi) is 4.11. The van der Waals surface area contributed by atoms with Crippen LogP contribution in [0.1, 0.15) is 12.5 Å². The lowest BCUT2D eigenvalue weighted by atomic mass is 9.94. The van der Waals surface area contributed by atoms with Crippen LogP contribution in [-0.4, -0.2) is 0 Å². The molecule has 0 radical (unpaired) electrons. The molecule has 28 heavy (non-hydrogen) atoms. The minimum atomic E-state index is 1.16. The molecular weight excluding hydrogens is 356 g/mol. The highest BCUT2D eigenvalue weighted by Crippen LogP contribution is 2.42. The Balaban J connectivity index is 1.80. The maximum Gasteiger partial charge on any atom is 0.0368 e. The van der Waals surface area contributed by atoms with E-state index in [1.54, 1.807) is 0 Å². The van der Waals surface area contributed by atoms with Gasteiger partial charge in [-0.1, -0.05) is 85.5 Å². The lowest BCUT2D eigenvalue weighted by Crippen LogP contribution is -1.85. The van der Waals surface area contributed by atoms with Crippen molar-refractivity contribution in [1.29, 1.82) is 0 Å². The van der Waals surface area contributed by atoms with Crippen molar-refractivity contribution < 1.29 is 0 Å². The molecule has 4 aromatic carbocycles. The van der Waals surface area contributed by atoms with E-state index in [0.29, 0.717) is 0 Å². The standard InChI is InChI=1S/C27H20S/c1-3-18(4-2)19-13-15-20(16-14-19)24-17-26-27(22-10-6-5-9-21(22)24)23-11-7-8-12-25(23)28-26/h3-17H,1H2,2H3/b18-4+. The van der Waals surface area contributed by atoms with Crippen molar-refractivity contribution in [3.63, 3.8) is 0 Å². The molecule has 0 aliphatic carbocycles. The van der Waals surface area contributed by atoms with Crippen LogP contribution >= 0.6 is 11.3 Å². The van der Waals surface area contributed by atoms with Crippen molar-refractivity contribution in [1.82, 2.24) is 0 Å². The van der Waals surface area contributed by atoms with Gasteiger partial charge < -0.3 is 0 Å². The second kappa shape index (κ2) is 6.78. The lowest BCUT2D eigenvalue weighted by Gasteiger charge is -2.10. The van der Waals surface area contributed by atoms with Crippen molar-refractivity contribution in [3.8, 4) is 11.1 Å². The molecule has 5 aromatic rings. The number of thiophene rings is 1. The molecule has 0 bridgehead atoms. The Morgan fingerprint density at radius 1 is 0.786 bits per heavy atom. The van der Waals surface area contributed by atoms with Crippen LogP contribution in [0.4, 0.5) is 0 Å². The predicted molar refractivity (Wildman–Crippen MR) is 126 cm³/mol. The van der Waals surface area contributed by atoms with E-state index in [2.05, 4.69) is 91.5 Å². The van der Waals surface area contributed by atoms with Crippen LogP contribution < -0.4 is 0 Å². The Morgan fingerprint density at radius 3 is 2.18 bits per heavy atom. The Labute approximate surface area is 169 Å². The fraction of sp³-hybridized carbons (Fsp3) is 0.0370. The minimum absolute atomic E-state index is 1.16. The molecule has 0 N–H and O–H groups in total.